The van der Waals surface area contributed by atoms with E-state index in [0.717, 1.165) is 37.5 Å². The molecule has 0 aromatic rings. The molecule has 2 atom stereocenters. The van der Waals surface area contributed by atoms with Crippen LogP contribution in [-0.2, 0) is 19.1 Å². The Balaban J connectivity index is 3.37. The first-order chi connectivity index (χ1) is 26.5. The molecule has 0 heterocycles. The van der Waals surface area contributed by atoms with E-state index in [9.17, 15) is 9.59 Å². The summed E-state index contributed by atoms with van der Waals surface area (Å²) in [4.78, 5) is 24.0. The minimum atomic E-state index is 0.0151. The zero-order valence-corrected chi connectivity index (χ0v) is 37.5. The van der Waals surface area contributed by atoms with Gasteiger partial charge in [0, 0.05) is 12.8 Å². The van der Waals surface area contributed by atoms with Gasteiger partial charge in [0.2, 0.25) is 0 Å². The minimum absolute atomic E-state index is 0.0151. The molecule has 0 aliphatic carbocycles. The molecular formula is C50H98O4. The summed E-state index contributed by atoms with van der Waals surface area (Å²) in [6, 6.07) is 0. The lowest BCUT2D eigenvalue weighted by Gasteiger charge is -2.14. The highest BCUT2D eigenvalue weighted by molar-refractivity contribution is 5.69. The third kappa shape index (κ3) is 43.7. The van der Waals surface area contributed by atoms with E-state index in [1.807, 2.05) is 0 Å². The van der Waals surface area contributed by atoms with Crippen LogP contribution in [-0.4, -0.2) is 25.2 Å². The first kappa shape index (κ1) is 52.9. The van der Waals surface area contributed by atoms with Crippen LogP contribution < -0.4 is 0 Å². The molecule has 0 saturated carbocycles. The van der Waals surface area contributed by atoms with Gasteiger partial charge in [-0.2, -0.15) is 0 Å². The lowest BCUT2D eigenvalue weighted by molar-refractivity contribution is -0.144. The number of unbranched alkanes of at least 4 members (excludes halogenated alkanes) is 29. The van der Waals surface area contributed by atoms with Crippen molar-refractivity contribution in [2.24, 2.45) is 11.8 Å². The smallest absolute Gasteiger partial charge is 0.305 e. The molecule has 0 aliphatic heterocycles. The second-order valence-electron chi connectivity index (χ2n) is 17.6. The Morgan fingerprint density at radius 2 is 0.556 bits per heavy atom. The normalized spacial score (nSPS) is 12.6. The minimum Gasteiger partial charge on any atom is -0.466 e. The van der Waals surface area contributed by atoms with Crippen molar-refractivity contribution in [1.82, 2.24) is 0 Å². The SMILES string of the molecule is CCCCCCCCCCCCCC(=O)OCCCCCCCCC(C)CCCC(C)CCCCCCCOC(=O)CCCCCCCCCCCCC. The van der Waals surface area contributed by atoms with Gasteiger partial charge in [0.15, 0.2) is 0 Å². The Morgan fingerprint density at radius 3 is 0.870 bits per heavy atom. The third-order valence-corrected chi connectivity index (χ3v) is 11.8. The number of rotatable bonds is 45. The van der Waals surface area contributed by atoms with Gasteiger partial charge in [0.05, 0.1) is 13.2 Å². The standard InChI is InChI=1S/C50H98O4/c1-5-7-9-11-13-15-17-19-21-28-34-43-49(51)53-45-36-30-24-23-26-32-39-47(3)41-38-42-48(4)40-33-27-25-31-37-46-54-50(52)44-35-29-22-20-18-16-14-12-10-8-6-2/h47-48H,5-46H2,1-4H3. The number of esters is 2. The monoisotopic (exact) mass is 763 g/mol. The van der Waals surface area contributed by atoms with Crippen LogP contribution in [0.25, 0.3) is 0 Å². The second kappa shape index (κ2) is 44.7. The van der Waals surface area contributed by atoms with Gasteiger partial charge in [0.25, 0.3) is 0 Å². The van der Waals surface area contributed by atoms with E-state index in [1.165, 1.54) is 218 Å². The maximum Gasteiger partial charge on any atom is 0.305 e. The van der Waals surface area contributed by atoms with Crippen LogP contribution in [0.2, 0.25) is 0 Å². The quantitative estimate of drug-likeness (QED) is 0.0458. The van der Waals surface area contributed by atoms with E-state index >= 15 is 0 Å². The average Bonchev–Trinajstić information content (AvgIpc) is 3.16. The third-order valence-electron chi connectivity index (χ3n) is 11.8. The van der Waals surface area contributed by atoms with Crippen LogP contribution >= 0.6 is 0 Å². The Kier molecular flexibility index (Phi) is 43.8. The van der Waals surface area contributed by atoms with E-state index < -0.39 is 0 Å². The van der Waals surface area contributed by atoms with Crippen LogP contribution in [0.3, 0.4) is 0 Å². The molecule has 4 nitrogen and oxygen atoms in total. The largest absolute Gasteiger partial charge is 0.466 e. The lowest BCUT2D eigenvalue weighted by Crippen LogP contribution is -2.05. The van der Waals surface area contributed by atoms with Crippen molar-refractivity contribution in [3.63, 3.8) is 0 Å². The highest BCUT2D eigenvalue weighted by atomic mass is 16.5. The Hall–Kier alpha value is -1.06. The summed E-state index contributed by atoms with van der Waals surface area (Å²) in [5.41, 5.74) is 0. The fourth-order valence-corrected chi connectivity index (χ4v) is 7.91. The molecule has 0 bridgehead atoms. The molecule has 0 saturated heterocycles. The molecule has 0 aromatic carbocycles. The van der Waals surface area contributed by atoms with E-state index in [2.05, 4.69) is 27.7 Å². The van der Waals surface area contributed by atoms with Gasteiger partial charge in [0.1, 0.15) is 0 Å². The predicted molar refractivity (Wildman–Crippen MR) is 236 cm³/mol. The van der Waals surface area contributed by atoms with E-state index in [1.54, 1.807) is 0 Å². The lowest BCUT2D eigenvalue weighted by atomic mass is 9.92. The molecule has 0 N–H and O–H groups in total. The van der Waals surface area contributed by atoms with Gasteiger partial charge in [-0.25, -0.2) is 0 Å². The van der Waals surface area contributed by atoms with Crippen LogP contribution in [0.15, 0.2) is 0 Å². The topological polar surface area (TPSA) is 52.6 Å². The van der Waals surface area contributed by atoms with Gasteiger partial charge < -0.3 is 9.47 Å². The number of carbonyl (C=O) groups excluding carboxylic acids is 2. The van der Waals surface area contributed by atoms with Crippen LogP contribution in [0.5, 0.6) is 0 Å². The Labute approximate surface area is 339 Å². The number of hydrogen-bond acceptors (Lipinski definition) is 4. The van der Waals surface area contributed by atoms with E-state index in [-0.39, 0.29) is 11.9 Å². The van der Waals surface area contributed by atoms with Gasteiger partial charge in [-0.05, 0) is 37.5 Å². The van der Waals surface area contributed by atoms with Gasteiger partial charge >= 0.3 is 11.9 Å². The Bertz CT molecular complexity index is 751. The molecule has 0 aliphatic rings. The summed E-state index contributed by atoms with van der Waals surface area (Å²) >= 11 is 0. The summed E-state index contributed by atoms with van der Waals surface area (Å²) in [5.74, 6) is 1.73. The second-order valence-corrected chi connectivity index (χ2v) is 17.6. The van der Waals surface area contributed by atoms with Crippen LogP contribution in [0.1, 0.15) is 285 Å². The van der Waals surface area contributed by atoms with E-state index in [4.69, 9.17) is 9.47 Å². The van der Waals surface area contributed by atoms with Crippen molar-refractivity contribution in [2.75, 3.05) is 13.2 Å². The fraction of sp³-hybridized carbons (Fsp3) is 0.960. The molecule has 54 heavy (non-hydrogen) atoms. The highest BCUT2D eigenvalue weighted by Crippen LogP contribution is 2.22. The summed E-state index contributed by atoms with van der Waals surface area (Å²) < 4.78 is 11.0. The summed E-state index contributed by atoms with van der Waals surface area (Å²) in [7, 11) is 0. The van der Waals surface area contributed by atoms with Crippen LogP contribution in [0.4, 0.5) is 0 Å². The molecular weight excluding hydrogens is 665 g/mol. The van der Waals surface area contributed by atoms with Gasteiger partial charge in [-0.15, -0.1) is 0 Å². The van der Waals surface area contributed by atoms with Gasteiger partial charge in [-0.3, -0.25) is 9.59 Å². The summed E-state index contributed by atoms with van der Waals surface area (Å²) in [5, 5.41) is 0. The molecule has 0 rings (SSSR count). The summed E-state index contributed by atoms with van der Waals surface area (Å²) in [6.45, 7) is 10.7. The van der Waals surface area contributed by atoms with Crippen molar-refractivity contribution in [2.45, 2.75) is 285 Å². The first-order valence-electron chi connectivity index (χ1n) is 24.8. The molecule has 2 unspecified atom stereocenters. The first-order valence-corrected chi connectivity index (χ1v) is 24.8. The van der Waals surface area contributed by atoms with Gasteiger partial charge in [-0.1, -0.05) is 246 Å². The average molecular weight is 763 g/mol. The molecule has 0 fully saturated rings. The zero-order valence-electron chi connectivity index (χ0n) is 37.5. The van der Waals surface area contributed by atoms with Crippen LogP contribution in [0, 0.1) is 11.8 Å². The molecule has 4 heteroatoms. The molecule has 0 spiro atoms. The highest BCUT2D eigenvalue weighted by Gasteiger charge is 2.07. The predicted octanol–water partition coefficient (Wildman–Crippen LogP) is 17.0. The van der Waals surface area contributed by atoms with Crippen molar-refractivity contribution in [3.8, 4) is 0 Å². The molecule has 0 aromatic heterocycles. The van der Waals surface area contributed by atoms with Crippen molar-refractivity contribution < 1.29 is 19.1 Å². The number of hydrogen-bond donors (Lipinski definition) is 0. The molecule has 0 amide bonds. The molecule has 0 radical (unpaired) electrons. The number of ether oxygens (including phenoxy) is 2. The maximum atomic E-state index is 12.0. The summed E-state index contributed by atoms with van der Waals surface area (Å²) in [6.07, 6.45) is 50.6. The zero-order chi connectivity index (χ0) is 39.4. The van der Waals surface area contributed by atoms with Crippen molar-refractivity contribution in [1.29, 1.82) is 0 Å². The molecule has 322 valence electrons. The fourth-order valence-electron chi connectivity index (χ4n) is 7.91. The number of carbonyl (C=O) groups is 2. The van der Waals surface area contributed by atoms with Crippen molar-refractivity contribution >= 4 is 11.9 Å². The Morgan fingerprint density at radius 1 is 0.315 bits per heavy atom. The van der Waals surface area contributed by atoms with E-state index in [0.29, 0.717) is 26.1 Å². The maximum absolute atomic E-state index is 12.0. The van der Waals surface area contributed by atoms with Crippen molar-refractivity contribution in [3.05, 3.63) is 0 Å².